The Kier molecular flexibility index (Phi) is 3.98. The van der Waals surface area contributed by atoms with Crippen molar-refractivity contribution in [2.75, 3.05) is 0 Å². The Balaban J connectivity index is 1.31. The highest BCUT2D eigenvalue weighted by Gasteiger charge is 2.53. The van der Waals surface area contributed by atoms with Crippen molar-refractivity contribution >= 4 is 5.91 Å². The van der Waals surface area contributed by atoms with Crippen LogP contribution in [0.3, 0.4) is 0 Å². The molecule has 0 aromatic rings. The smallest absolute Gasteiger partial charge is 0.220 e. The lowest BCUT2D eigenvalue weighted by Gasteiger charge is -2.59. The number of carbonyl (C=O) groups excluding carboxylic acids is 1. The summed E-state index contributed by atoms with van der Waals surface area (Å²) in [7, 11) is 0. The Labute approximate surface area is 135 Å². The molecule has 2 heteroatoms. The van der Waals surface area contributed by atoms with Crippen LogP contribution in [0.5, 0.6) is 0 Å². The Hall–Kier alpha value is -0.530. The molecule has 5 rings (SSSR count). The molecule has 4 bridgehead atoms. The van der Waals surface area contributed by atoms with Gasteiger partial charge in [-0.1, -0.05) is 25.7 Å². The molecule has 1 amide bonds. The van der Waals surface area contributed by atoms with E-state index >= 15 is 0 Å². The maximum atomic E-state index is 12.4. The number of amides is 1. The normalized spacial score (nSPS) is 41.8. The third kappa shape index (κ3) is 2.83. The first-order valence-electron chi connectivity index (χ1n) is 9.92. The highest BCUT2D eigenvalue weighted by atomic mass is 16.1. The molecule has 0 aromatic carbocycles. The Morgan fingerprint density at radius 1 is 1.05 bits per heavy atom. The van der Waals surface area contributed by atoms with Gasteiger partial charge in [0.1, 0.15) is 0 Å². The van der Waals surface area contributed by atoms with E-state index in [4.69, 9.17) is 0 Å². The summed E-state index contributed by atoms with van der Waals surface area (Å²) in [5.41, 5.74) is 0.456. The molecule has 1 atom stereocenters. The second-order valence-corrected chi connectivity index (χ2v) is 9.26. The number of rotatable bonds is 5. The molecule has 5 saturated carbocycles. The van der Waals surface area contributed by atoms with E-state index < -0.39 is 0 Å². The minimum Gasteiger partial charge on any atom is -0.353 e. The molecule has 5 aliphatic carbocycles. The molecular weight excluding hydrogens is 270 g/mol. The van der Waals surface area contributed by atoms with Crippen LogP contribution in [0, 0.1) is 29.1 Å². The molecule has 0 aliphatic heterocycles. The van der Waals surface area contributed by atoms with Gasteiger partial charge in [-0.2, -0.15) is 0 Å². The average Bonchev–Trinajstić information content (AvgIpc) is 2.97. The van der Waals surface area contributed by atoms with E-state index in [0.29, 0.717) is 17.4 Å². The van der Waals surface area contributed by atoms with Crippen LogP contribution in [0.4, 0.5) is 0 Å². The molecule has 124 valence electrons. The molecule has 0 radical (unpaired) electrons. The van der Waals surface area contributed by atoms with Crippen LogP contribution in [0.1, 0.15) is 84.0 Å². The Morgan fingerprint density at radius 3 is 2.14 bits per heavy atom. The first-order chi connectivity index (χ1) is 10.6. The minimum atomic E-state index is 0.329. The first kappa shape index (κ1) is 15.0. The van der Waals surface area contributed by atoms with E-state index in [0.717, 1.165) is 36.5 Å². The fourth-order valence-electron chi connectivity index (χ4n) is 6.81. The summed E-state index contributed by atoms with van der Waals surface area (Å²) in [4.78, 5) is 12.4. The van der Waals surface area contributed by atoms with E-state index in [9.17, 15) is 4.79 Å². The summed E-state index contributed by atoms with van der Waals surface area (Å²) < 4.78 is 0. The number of hydrogen-bond acceptors (Lipinski definition) is 1. The van der Waals surface area contributed by atoms with Gasteiger partial charge in [0.25, 0.3) is 0 Å². The molecule has 5 fully saturated rings. The Morgan fingerprint density at radius 2 is 1.59 bits per heavy atom. The van der Waals surface area contributed by atoms with Crippen LogP contribution < -0.4 is 5.32 Å². The lowest BCUT2D eigenvalue weighted by Crippen LogP contribution is -2.55. The van der Waals surface area contributed by atoms with E-state index in [-0.39, 0.29) is 0 Å². The lowest BCUT2D eigenvalue weighted by atomic mass is 9.48. The van der Waals surface area contributed by atoms with E-state index in [1.807, 2.05) is 0 Å². The molecule has 0 heterocycles. The van der Waals surface area contributed by atoms with Crippen LogP contribution in [-0.2, 0) is 4.79 Å². The van der Waals surface area contributed by atoms with E-state index in [2.05, 4.69) is 12.2 Å². The Bertz CT molecular complexity index is 388. The first-order valence-corrected chi connectivity index (χ1v) is 9.92. The van der Waals surface area contributed by atoms with E-state index in [1.165, 1.54) is 64.2 Å². The fraction of sp³-hybridized carbons (Fsp3) is 0.950. The molecule has 2 nitrogen and oxygen atoms in total. The molecule has 0 aromatic heterocycles. The van der Waals surface area contributed by atoms with Crippen LogP contribution in [-0.4, -0.2) is 11.9 Å². The largest absolute Gasteiger partial charge is 0.353 e. The molecule has 22 heavy (non-hydrogen) atoms. The van der Waals surface area contributed by atoms with Gasteiger partial charge in [-0.3, -0.25) is 4.79 Å². The monoisotopic (exact) mass is 303 g/mol. The zero-order valence-corrected chi connectivity index (χ0v) is 14.3. The van der Waals surface area contributed by atoms with Crippen molar-refractivity contribution in [3.05, 3.63) is 0 Å². The van der Waals surface area contributed by atoms with Crippen LogP contribution in [0.2, 0.25) is 0 Å². The van der Waals surface area contributed by atoms with Gasteiger partial charge >= 0.3 is 0 Å². The van der Waals surface area contributed by atoms with Gasteiger partial charge < -0.3 is 5.32 Å². The fourth-order valence-corrected chi connectivity index (χ4v) is 6.81. The van der Waals surface area contributed by atoms with Gasteiger partial charge in [0.15, 0.2) is 0 Å². The van der Waals surface area contributed by atoms with Gasteiger partial charge in [-0.05, 0) is 81.0 Å². The van der Waals surface area contributed by atoms with Gasteiger partial charge in [0.05, 0.1) is 0 Å². The standard InChI is InChI=1S/C20H33NO/c1-14(21-19(22)7-6-15-4-2-3-5-15)20-11-16-8-17(12-20)10-18(9-16)13-20/h14-18H,2-13H2,1H3,(H,21,22). The quantitative estimate of drug-likeness (QED) is 0.785. The summed E-state index contributed by atoms with van der Waals surface area (Å²) in [6.45, 7) is 2.31. The van der Waals surface area contributed by atoms with Crippen molar-refractivity contribution in [3.8, 4) is 0 Å². The zero-order valence-electron chi connectivity index (χ0n) is 14.3. The van der Waals surface area contributed by atoms with Gasteiger partial charge in [-0.15, -0.1) is 0 Å². The maximum Gasteiger partial charge on any atom is 0.220 e. The molecular formula is C20H33NO. The van der Waals surface area contributed by atoms with Gasteiger partial charge in [0.2, 0.25) is 5.91 Å². The van der Waals surface area contributed by atoms with Crippen LogP contribution in [0.15, 0.2) is 0 Å². The maximum absolute atomic E-state index is 12.4. The summed E-state index contributed by atoms with van der Waals surface area (Å²) in [5.74, 6) is 4.09. The zero-order chi connectivity index (χ0) is 15.2. The SMILES string of the molecule is CC(NC(=O)CCC1CCCC1)C12CC3CC(CC(C3)C1)C2. The average molecular weight is 303 g/mol. The molecule has 0 saturated heterocycles. The van der Waals surface area contributed by atoms with Gasteiger partial charge in [-0.25, -0.2) is 0 Å². The molecule has 5 aliphatic rings. The number of nitrogens with one attached hydrogen (secondary N) is 1. The highest BCUT2D eigenvalue weighted by Crippen LogP contribution is 2.61. The molecule has 1 unspecified atom stereocenters. The van der Waals surface area contributed by atoms with Crippen molar-refractivity contribution < 1.29 is 4.79 Å². The van der Waals surface area contributed by atoms with Crippen molar-refractivity contribution in [2.45, 2.75) is 90.0 Å². The lowest BCUT2D eigenvalue weighted by molar-refractivity contribution is -0.126. The second kappa shape index (κ2) is 5.83. The molecule has 0 spiro atoms. The van der Waals surface area contributed by atoms with E-state index in [1.54, 1.807) is 0 Å². The summed E-state index contributed by atoms with van der Waals surface area (Å²) in [6.07, 6.45) is 16.0. The summed E-state index contributed by atoms with van der Waals surface area (Å²) in [5, 5.41) is 3.42. The third-order valence-corrected chi connectivity index (χ3v) is 7.64. The van der Waals surface area contributed by atoms with Gasteiger partial charge in [0, 0.05) is 12.5 Å². The predicted octanol–water partition coefficient (Wildman–Crippen LogP) is 4.68. The number of carbonyl (C=O) groups is 1. The van der Waals surface area contributed by atoms with Crippen LogP contribution in [0.25, 0.3) is 0 Å². The van der Waals surface area contributed by atoms with Crippen molar-refractivity contribution in [1.29, 1.82) is 0 Å². The predicted molar refractivity (Wildman–Crippen MR) is 89.4 cm³/mol. The topological polar surface area (TPSA) is 29.1 Å². The molecule has 1 N–H and O–H groups in total. The summed E-state index contributed by atoms with van der Waals surface area (Å²) >= 11 is 0. The summed E-state index contributed by atoms with van der Waals surface area (Å²) in [6, 6.07) is 0.400. The number of hydrogen-bond donors (Lipinski definition) is 1. The van der Waals surface area contributed by atoms with Crippen molar-refractivity contribution in [2.24, 2.45) is 29.1 Å². The van der Waals surface area contributed by atoms with Crippen molar-refractivity contribution in [3.63, 3.8) is 0 Å². The minimum absolute atomic E-state index is 0.329. The third-order valence-electron chi connectivity index (χ3n) is 7.64. The van der Waals surface area contributed by atoms with Crippen molar-refractivity contribution in [1.82, 2.24) is 5.32 Å². The highest BCUT2D eigenvalue weighted by molar-refractivity contribution is 5.76. The van der Waals surface area contributed by atoms with Crippen LogP contribution >= 0.6 is 0 Å². The second-order valence-electron chi connectivity index (χ2n) is 9.26.